The minimum Gasteiger partial charge on any atom is -0.489 e. The van der Waals surface area contributed by atoms with Crippen molar-refractivity contribution in [3.8, 4) is 5.75 Å². The number of halogens is 1. The van der Waals surface area contributed by atoms with Gasteiger partial charge in [0.2, 0.25) is 11.8 Å². The lowest BCUT2D eigenvalue weighted by Crippen LogP contribution is -2.68. The molecule has 182 valence electrons. The highest BCUT2D eigenvalue weighted by Gasteiger charge is 2.68. The first-order valence-corrected chi connectivity index (χ1v) is 12.7. The number of alkyl halides is 1. The van der Waals surface area contributed by atoms with E-state index in [1.54, 1.807) is 11.0 Å². The first-order valence-electron chi connectivity index (χ1n) is 12.7. The quantitative estimate of drug-likeness (QED) is 0.494. The molecular weight excluding hydrogens is 437 g/mol. The van der Waals surface area contributed by atoms with Crippen molar-refractivity contribution in [2.24, 2.45) is 5.41 Å². The van der Waals surface area contributed by atoms with E-state index in [0.29, 0.717) is 37.8 Å². The molecule has 5 fully saturated rings. The second kappa shape index (κ2) is 8.04. The molecule has 1 saturated heterocycles. The zero-order valence-electron chi connectivity index (χ0n) is 19.4. The van der Waals surface area contributed by atoms with E-state index in [9.17, 15) is 18.8 Å². The van der Waals surface area contributed by atoms with Crippen LogP contribution in [0.2, 0.25) is 0 Å². The van der Waals surface area contributed by atoms with Gasteiger partial charge in [-0.2, -0.15) is 0 Å². The van der Waals surface area contributed by atoms with Gasteiger partial charge in [0, 0.05) is 31.1 Å². The summed E-state index contributed by atoms with van der Waals surface area (Å²) in [4.78, 5) is 38.3. The van der Waals surface area contributed by atoms with Crippen LogP contribution in [0.4, 0.5) is 4.39 Å². The van der Waals surface area contributed by atoms with Crippen molar-refractivity contribution < 1.29 is 23.5 Å². The first kappa shape index (κ1) is 22.0. The van der Waals surface area contributed by atoms with Crippen molar-refractivity contribution in [2.75, 3.05) is 6.54 Å². The number of rotatable bonds is 6. The third kappa shape index (κ3) is 3.80. The second-order valence-corrected chi connectivity index (χ2v) is 11.2. The molecule has 7 rings (SSSR count). The summed E-state index contributed by atoms with van der Waals surface area (Å²) in [5.41, 5.74) is 0.743. The van der Waals surface area contributed by atoms with Crippen molar-refractivity contribution in [1.29, 1.82) is 0 Å². The molecule has 2 bridgehead atoms. The SMILES string of the molecule is O=C1CCC(N2Cc3cc(OC4CCCCCC4NCC45CC(F)(C4)C5)ccc3C2=O)C(=O)N1. The van der Waals surface area contributed by atoms with Crippen molar-refractivity contribution in [1.82, 2.24) is 15.5 Å². The van der Waals surface area contributed by atoms with Crippen molar-refractivity contribution >= 4 is 17.7 Å². The van der Waals surface area contributed by atoms with Crippen LogP contribution in [0.1, 0.15) is 80.1 Å². The Morgan fingerprint density at radius 2 is 1.88 bits per heavy atom. The van der Waals surface area contributed by atoms with E-state index in [0.717, 1.165) is 43.5 Å². The van der Waals surface area contributed by atoms with Gasteiger partial charge in [-0.1, -0.05) is 12.8 Å². The average molecular weight is 470 g/mol. The van der Waals surface area contributed by atoms with E-state index in [1.807, 2.05) is 12.1 Å². The Bertz CT molecular complexity index is 1020. The number of hydrogen-bond acceptors (Lipinski definition) is 5. The Kier molecular flexibility index (Phi) is 5.20. The van der Waals surface area contributed by atoms with Crippen molar-refractivity contribution in [2.45, 2.75) is 94.6 Å². The van der Waals surface area contributed by atoms with Gasteiger partial charge in [-0.3, -0.25) is 19.7 Å². The van der Waals surface area contributed by atoms with E-state index in [2.05, 4.69) is 10.6 Å². The molecule has 3 amide bonds. The van der Waals surface area contributed by atoms with Crippen LogP contribution in [-0.2, 0) is 16.1 Å². The van der Waals surface area contributed by atoms with Crippen LogP contribution < -0.4 is 15.4 Å². The second-order valence-electron chi connectivity index (χ2n) is 11.2. The molecule has 4 aliphatic carbocycles. The summed E-state index contributed by atoms with van der Waals surface area (Å²) in [6, 6.07) is 5.19. The largest absolute Gasteiger partial charge is 0.489 e. The average Bonchev–Trinajstić information content (AvgIpc) is 2.92. The third-order valence-corrected chi connectivity index (χ3v) is 8.55. The molecule has 0 radical (unpaired) electrons. The van der Waals surface area contributed by atoms with Crippen molar-refractivity contribution in [3.05, 3.63) is 29.3 Å². The Labute approximate surface area is 198 Å². The topological polar surface area (TPSA) is 87.7 Å². The summed E-state index contributed by atoms with van der Waals surface area (Å²) in [6.07, 6.45) is 8.24. The number of carbonyl (C=O) groups is 3. The van der Waals surface area contributed by atoms with Crippen LogP contribution in [-0.4, -0.2) is 53.0 Å². The van der Waals surface area contributed by atoms with Gasteiger partial charge in [-0.15, -0.1) is 0 Å². The van der Waals surface area contributed by atoms with Crippen LogP contribution >= 0.6 is 0 Å². The van der Waals surface area contributed by atoms with Gasteiger partial charge >= 0.3 is 0 Å². The highest BCUT2D eigenvalue weighted by atomic mass is 19.1. The predicted molar refractivity (Wildman–Crippen MR) is 122 cm³/mol. The number of ether oxygens (including phenoxy) is 1. The molecule has 4 saturated carbocycles. The van der Waals surface area contributed by atoms with E-state index >= 15 is 0 Å². The molecule has 1 aromatic rings. The Morgan fingerprint density at radius 3 is 2.65 bits per heavy atom. The number of nitrogens with zero attached hydrogens (tertiary/aromatic N) is 1. The van der Waals surface area contributed by atoms with Gasteiger partial charge in [0.05, 0.1) is 0 Å². The van der Waals surface area contributed by atoms with Crippen LogP contribution in [0.15, 0.2) is 18.2 Å². The number of piperidine rings is 1. The van der Waals surface area contributed by atoms with E-state index in [1.165, 1.54) is 6.42 Å². The van der Waals surface area contributed by atoms with Gasteiger partial charge in [0.1, 0.15) is 23.6 Å². The number of carbonyl (C=O) groups excluding carboxylic acids is 3. The van der Waals surface area contributed by atoms with Gasteiger partial charge in [0.25, 0.3) is 5.91 Å². The molecule has 2 aliphatic heterocycles. The minimum atomic E-state index is -0.870. The van der Waals surface area contributed by atoms with Gasteiger partial charge in [-0.05, 0) is 74.1 Å². The first-order chi connectivity index (χ1) is 16.3. The summed E-state index contributed by atoms with van der Waals surface area (Å²) in [5, 5.41) is 6.06. The fourth-order valence-corrected chi connectivity index (χ4v) is 6.84. The molecule has 3 unspecified atom stereocenters. The summed E-state index contributed by atoms with van der Waals surface area (Å²) in [5.74, 6) is -0.118. The minimum absolute atomic E-state index is 0.0376. The maximum atomic E-state index is 13.9. The number of benzene rings is 1. The molecule has 3 atom stereocenters. The Hall–Kier alpha value is -2.48. The summed E-state index contributed by atoms with van der Waals surface area (Å²) >= 11 is 0. The number of amides is 3. The van der Waals surface area contributed by atoms with E-state index in [-0.39, 0.29) is 35.8 Å². The Balaban J connectivity index is 1.12. The maximum Gasteiger partial charge on any atom is 0.255 e. The van der Waals surface area contributed by atoms with Crippen LogP contribution in [0, 0.1) is 5.41 Å². The molecule has 2 heterocycles. The lowest BCUT2D eigenvalue weighted by molar-refractivity contribution is -0.211. The zero-order valence-corrected chi connectivity index (χ0v) is 19.4. The van der Waals surface area contributed by atoms with Gasteiger partial charge in [-0.25, -0.2) is 4.39 Å². The third-order valence-electron chi connectivity index (χ3n) is 8.55. The molecular formula is C26H32FN3O4. The maximum absolute atomic E-state index is 13.9. The van der Waals surface area contributed by atoms with Gasteiger partial charge < -0.3 is 15.0 Å². The van der Waals surface area contributed by atoms with Crippen LogP contribution in [0.5, 0.6) is 5.75 Å². The summed E-state index contributed by atoms with van der Waals surface area (Å²) in [7, 11) is 0. The molecule has 34 heavy (non-hydrogen) atoms. The number of imide groups is 1. The fourth-order valence-electron chi connectivity index (χ4n) is 6.84. The van der Waals surface area contributed by atoms with Crippen molar-refractivity contribution in [3.63, 3.8) is 0 Å². The molecule has 0 spiro atoms. The van der Waals surface area contributed by atoms with Crippen LogP contribution in [0.25, 0.3) is 0 Å². The zero-order chi connectivity index (χ0) is 23.5. The summed E-state index contributed by atoms with van der Waals surface area (Å²) < 4.78 is 20.4. The molecule has 2 N–H and O–H groups in total. The number of hydrogen-bond donors (Lipinski definition) is 2. The predicted octanol–water partition coefficient (Wildman–Crippen LogP) is 3.01. The summed E-state index contributed by atoms with van der Waals surface area (Å²) in [6.45, 7) is 1.21. The number of fused-ring (bicyclic) bond motifs is 1. The van der Waals surface area contributed by atoms with Gasteiger partial charge in [0.15, 0.2) is 0 Å². The monoisotopic (exact) mass is 469 g/mol. The smallest absolute Gasteiger partial charge is 0.255 e. The molecule has 6 aliphatic rings. The highest BCUT2D eigenvalue weighted by Crippen LogP contribution is 2.69. The molecule has 1 aromatic carbocycles. The fraction of sp³-hybridized carbons (Fsp3) is 0.654. The molecule has 0 aromatic heterocycles. The van der Waals surface area contributed by atoms with E-state index < -0.39 is 17.6 Å². The molecule has 8 heteroatoms. The number of nitrogens with one attached hydrogen (secondary N) is 2. The molecule has 7 nitrogen and oxygen atoms in total. The standard InChI is InChI=1S/C26H32FN3O4/c27-26-12-25(13-26,14-26)15-28-19-4-2-1-3-5-21(19)34-17-6-7-18-16(10-17)11-30(24(18)33)20-8-9-22(31)29-23(20)32/h6-7,10,19-21,28H,1-5,8-9,11-15H2,(H,29,31,32). The lowest BCUT2D eigenvalue weighted by Gasteiger charge is -2.66. The van der Waals surface area contributed by atoms with E-state index in [4.69, 9.17) is 4.74 Å². The van der Waals surface area contributed by atoms with Crippen LogP contribution in [0.3, 0.4) is 0 Å². The Morgan fingerprint density at radius 1 is 1.09 bits per heavy atom. The highest BCUT2D eigenvalue weighted by molar-refractivity contribution is 6.05. The lowest BCUT2D eigenvalue weighted by atomic mass is 9.42. The normalized spacial score (nSPS) is 36.8.